The van der Waals surface area contributed by atoms with Crippen molar-refractivity contribution in [2.45, 2.75) is 51.8 Å². The Labute approximate surface area is 233 Å². The van der Waals surface area contributed by atoms with E-state index in [1.54, 1.807) is 14.0 Å². The lowest BCUT2D eigenvalue weighted by atomic mass is 10.0. The number of carbonyl (C=O) groups excluding carboxylic acids is 1. The van der Waals surface area contributed by atoms with Crippen molar-refractivity contribution < 1.29 is 23.1 Å². The Hall–Kier alpha value is -3.77. The van der Waals surface area contributed by atoms with Crippen molar-refractivity contribution in [3.05, 3.63) is 68.4 Å². The Kier molecular flexibility index (Phi) is 7.90. The van der Waals surface area contributed by atoms with Crippen LogP contribution in [0.3, 0.4) is 0 Å². The minimum Gasteiger partial charge on any atom is -0.496 e. The van der Waals surface area contributed by atoms with Gasteiger partial charge in [0, 0.05) is 25.8 Å². The summed E-state index contributed by atoms with van der Waals surface area (Å²) in [6.45, 7) is 4.57. The molecule has 0 unspecified atom stereocenters. The van der Waals surface area contributed by atoms with E-state index in [1.807, 2.05) is 6.92 Å². The number of oxazole rings is 1. The molecule has 1 fully saturated rings. The second-order valence-corrected chi connectivity index (χ2v) is 10.8. The van der Waals surface area contributed by atoms with Crippen LogP contribution in [0.4, 0.5) is 4.39 Å². The summed E-state index contributed by atoms with van der Waals surface area (Å²) in [5.74, 6) is -0.0326. The summed E-state index contributed by atoms with van der Waals surface area (Å²) in [4.78, 5) is 48.1. The number of rotatable bonds is 9. The lowest BCUT2D eigenvalue weighted by Gasteiger charge is -2.30. The summed E-state index contributed by atoms with van der Waals surface area (Å²) in [5.41, 5.74) is -0.137. The molecule has 4 aromatic rings. The third-order valence-electron chi connectivity index (χ3n) is 7.22. The molecule has 4 heterocycles. The average molecular weight is 571 g/mol. The van der Waals surface area contributed by atoms with Crippen LogP contribution in [0.2, 0.25) is 0 Å². The van der Waals surface area contributed by atoms with Gasteiger partial charge in [-0.25, -0.2) is 18.7 Å². The lowest BCUT2D eigenvalue weighted by molar-refractivity contribution is -0.136. The highest BCUT2D eigenvalue weighted by molar-refractivity contribution is 7.22. The van der Waals surface area contributed by atoms with Crippen LogP contribution >= 0.6 is 11.3 Å². The second kappa shape index (κ2) is 11.4. The van der Waals surface area contributed by atoms with Crippen LogP contribution < -0.4 is 16.0 Å². The number of carbonyl (C=O) groups is 1. The summed E-state index contributed by atoms with van der Waals surface area (Å²) in [5, 5.41) is 0.305. The van der Waals surface area contributed by atoms with E-state index in [9.17, 15) is 18.8 Å². The second-order valence-electron chi connectivity index (χ2n) is 9.81. The van der Waals surface area contributed by atoms with Gasteiger partial charge in [0.25, 0.3) is 5.56 Å². The largest absolute Gasteiger partial charge is 0.496 e. The van der Waals surface area contributed by atoms with E-state index in [0.717, 1.165) is 4.57 Å². The van der Waals surface area contributed by atoms with Crippen molar-refractivity contribution in [1.82, 2.24) is 19.0 Å². The number of aromatic nitrogens is 3. The molecule has 2 atom stereocenters. The molecule has 10 nitrogen and oxygen atoms in total. The number of hydrogen-bond donors (Lipinski definition) is 0. The highest BCUT2D eigenvalue weighted by Crippen LogP contribution is 2.37. The van der Waals surface area contributed by atoms with Crippen molar-refractivity contribution in [3.8, 4) is 16.5 Å². The zero-order valence-electron chi connectivity index (χ0n) is 22.8. The third-order valence-corrected chi connectivity index (χ3v) is 8.53. The number of halogens is 1. The first-order chi connectivity index (χ1) is 19.3. The van der Waals surface area contributed by atoms with Gasteiger partial charge in [-0.3, -0.25) is 14.2 Å². The Bertz CT molecular complexity index is 1660. The van der Waals surface area contributed by atoms with Gasteiger partial charge in [0.2, 0.25) is 11.8 Å². The number of fused-ring (bicyclic) bond motifs is 1. The fourth-order valence-corrected chi connectivity index (χ4v) is 6.45. The number of nitrogens with zero attached hydrogens (tertiary/aromatic N) is 4. The molecule has 212 valence electrons. The van der Waals surface area contributed by atoms with Gasteiger partial charge in [0.05, 0.1) is 30.1 Å². The molecule has 0 saturated carbocycles. The van der Waals surface area contributed by atoms with Crippen LogP contribution in [0.25, 0.3) is 21.0 Å². The number of hydrogen-bond acceptors (Lipinski definition) is 8. The van der Waals surface area contributed by atoms with Gasteiger partial charge >= 0.3 is 5.69 Å². The van der Waals surface area contributed by atoms with E-state index < -0.39 is 29.2 Å². The molecule has 1 aliphatic heterocycles. The van der Waals surface area contributed by atoms with Gasteiger partial charge in [-0.2, -0.15) is 0 Å². The predicted octanol–water partition coefficient (Wildman–Crippen LogP) is 4.30. The molecule has 0 radical (unpaired) electrons. The van der Waals surface area contributed by atoms with Crippen molar-refractivity contribution in [1.29, 1.82) is 0 Å². The number of methoxy groups -OCH3 is 1. The Morgan fingerprint density at radius 3 is 2.77 bits per heavy atom. The van der Waals surface area contributed by atoms with Crippen LogP contribution in [0.15, 0.2) is 44.7 Å². The van der Waals surface area contributed by atoms with Crippen LogP contribution in [0, 0.1) is 12.7 Å². The average Bonchev–Trinajstić information content (AvgIpc) is 3.59. The Morgan fingerprint density at radius 2 is 2.08 bits per heavy atom. The van der Waals surface area contributed by atoms with Crippen molar-refractivity contribution in [2.75, 3.05) is 27.3 Å². The van der Waals surface area contributed by atoms with E-state index in [1.165, 1.54) is 58.6 Å². The van der Waals surface area contributed by atoms with E-state index in [-0.39, 0.29) is 12.5 Å². The number of thiophene rings is 1. The zero-order chi connectivity index (χ0) is 28.6. The number of amides is 1. The first kappa shape index (κ1) is 27.8. The fourth-order valence-electron chi connectivity index (χ4n) is 5.21. The topological polar surface area (TPSA) is 109 Å². The standard InChI is InChI=1S/C28H31FN4O6S/c1-5-12-38-21(18-14-17(29)8-9-20(18)37-4)15-32-27-22(16(2)23(40-27)24-30-10-13-39-24)26(35)33(28(32)36)19-7-6-11-31(3)25(19)34/h8-10,13-14,19,21H,5-7,11-12,15H2,1-4H3/t19-,21-/m0/s1. The SMILES string of the molecule is CCCO[C@@H](Cn1c(=O)n([C@H]2CCCN(C)C2=O)c(=O)c2c(C)c(-c3ncco3)sc21)c1cc(F)ccc1OC. The first-order valence-corrected chi connectivity index (χ1v) is 14.0. The van der Waals surface area contributed by atoms with E-state index in [4.69, 9.17) is 13.9 Å². The normalized spacial score (nSPS) is 16.6. The van der Waals surface area contributed by atoms with E-state index in [0.29, 0.717) is 70.3 Å². The summed E-state index contributed by atoms with van der Waals surface area (Å²) in [7, 11) is 3.15. The smallest absolute Gasteiger partial charge is 0.332 e. The number of aryl methyl sites for hydroxylation is 1. The van der Waals surface area contributed by atoms with Gasteiger partial charge in [-0.1, -0.05) is 6.92 Å². The summed E-state index contributed by atoms with van der Waals surface area (Å²) < 4.78 is 34.1. The van der Waals surface area contributed by atoms with Gasteiger partial charge in [0.1, 0.15) is 34.8 Å². The highest BCUT2D eigenvalue weighted by Gasteiger charge is 2.33. The Balaban J connectivity index is 1.77. The molecule has 0 N–H and O–H groups in total. The zero-order valence-corrected chi connectivity index (χ0v) is 23.6. The van der Waals surface area contributed by atoms with Crippen molar-refractivity contribution >= 4 is 27.5 Å². The van der Waals surface area contributed by atoms with Crippen LogP contribution in [0.5, 0.6) is 5.75 Å². The molecule has 12 heteroatoms. The molecule has 0 spiro atoms. The molecular formula is C28H31FN4O6S. The maximum Gasteiger partial charge on any atom is 0.332 e. The van der Waals surface area contributed by atoms with Gasteiger partial charge in [-0.05, 0) is 49.9 Å². The van der Waals surface area contributed by atoms with Crippen LogP contribution in [0.1, 0.15) is 49.5 Å². The van der Waals surface area contributed by atoms with Gasteiger partial charge in [0.15, 0.2) is 0 Å². The first-order valence-electron chi connectivity index (χ1n) is 13.1. The summed E-state index contributed by atoms with van der Waals surface area (Å²) in [6, 6.07) is 3.20. The number of piperidine rings is 1. The highest BCUT2D eigenvalue weighted by atomic mass is 32.1. The van der Waals surface area contributed by atoms with E-state index in [2.05, 4.69) is 4.98 Å². The minimum atomic E-state index is -0.933. The van der Waals surface area contributed by atoms with Crippen molar-refractivity contribution in [2.24, 2.45) is 0 Å². The monoisotopic (exact) mass is 570 g/mol. The van der Waals surface area contributed by atoms with E-state index >= 15 is 0 Å². The molecule has 5 rings (SSSR count). The molecule has 0 bridgehead atoms. The summed E-state index contributed by atoms with van der Waals surface area (Å²) >= 11 is 1.20. The van der Waals surface area contributed by atoms with Gasteiger partial charge in [-0.15, -0.1) is 11.3 Å². The molecule has 1 amide bonds. The maximum absolute atomic E-state index is 14.4. The molecule has 1 saturated heterocycles. The quantitative estimate of drug-likeness (QED) is 0.295. The van der Waals surface area contributed by atoms with Crippen molar-refractivity contribution in [3.63, 3.8) is 0 Å². The molecular weight excluding hydrogens is 539 g/mol. The number of likely N-dealkylation sites (N-methyl/N-ethyl adjacent to an activating group) is 1. The predicted molar refractivity (Wildman–Crippen MR) is 148 cm³/mol. The molecule has 0 aliphatic carbocycles. The summed E-state index contributed by atoms with van der Waals surface area (Å²) in [6.07, 6.45) is 3.87. The number of likely N-dealkylation sites (tertiary alicyclic amines) is 1. The number of benzene rings is 1. The Morgan fingerprint density at radius 1 is 1.27 bits per heavy atom. The van der Waals surface area contributed by atoms with Gasteiger partial charge < -0.3 is 18.8 Å². The number of ether oxygens (including phenoxy) is 2. The molecule has 1 aromatic carbocycles. The van der Waals surface area contributed by atoms with Crippen LogP contribution in [-0.2, 0) is 16.1 Å². The molecule has 3 aromatic heterocycles. The third kappa shape index (κ3) is 4.86. The fraction of sp³-hybridized carbons (Fsp3) is 0.429. The molecule has 1 aliphatic rings. The lowest BCUT2D eigenvalue weighted by Crippen LogP contribution is -2.49. The maximum atomic E-state index is 14.4. The minimum absolute atomic E-state index is 0.0445. The van der Waals surface area contributed by atoms with Crippen LogP contribution in [-0.4, -0.2) is 52.2 Å². The molecule has 40 heavy (non-hydrogen) atoms.